The van der Waals surface area contributed by atoms with Gasteiger partial charge in [0, 0.05) is 36.4 Å². The Labute approximate surface area is 125 Å². The number of hydrogen-bond donors (Lipinski definition) is 1. The van der Waals surface area contributed by atoms with Crippen LogP contribution in [0.2, 0.25) is 0 Å². The van der Waals surface area contributed by atoms with E-state index in [4.69, 9.17) is 0 Å². The molecular weight excluding hydrogens is 324 g/mol. The van der Waals surface area contributed by atoms with Gasteiger partial charge in [-0.1, -0.05) is 15.9 Å². The number of halogens is 1. The molecule has 2 rings (SSSR count). The second kappa shape index (κ2) is 6.62. The minimum absolute atomic E-state index is 0.0935. The number of aromatic nitrogens is 2. The van der Waals surface area contributed by atoms with E-state index in [1.807, 2.05) is 19.4 Å². The van der Waals surface area contributed by atoms with E-state index in [2.05, 4.69) is 26.3 Å². The van der Waals surface area contributed by atoms with Gasteiger partial charge < -0.3 is 5.32 Å². The molecule has 2 aromatic rings. The van der Waals surface area contributed by atoms with Crippen molar-refractivity contribution in [2.45, 2.75) is 13.0 Å². The van der Waals surface area contributed by atoms with Gasteiger partial charge >= 0.3 is 0 Å². The number of nitro groups is 1. The predicted octanol–water partition coefficient (Wildman–Crippen LogP) is 2.42. The zero-order valence-electron chi connectivity index (χ0n) is 11.0. The van der Waals surface area contributed by atoms with E-state index < -0.39 is 4.92 Å². The standard InChI is InChI=1S/C13H15BrN4O2/c1-17-9-10(7-16-17)4-5-15-8-11-2-3-12(18(19)20)6-13(11)14/h2-3,6-7,9,15H,4-5,8H2,1H3. The van der Waals surface area contributed by atoms with E-state index >= 15 is 0 Å². The number of non-ortho nitro benzene ring substituents is 1. The zero-order chi connectivity index (χ0) is 14.5. The van der Waals surface area contributed by atoms with E-state index in [0.29, 0.717) is 6.54 Å². The lowest BCUT2D eigenvalue weighted by molar-refractivity contribution is -0.384. The Hall–Kier alpha value is -1.73. The average Bonchev–Trinajstić information content (AvgIpc) is 2.81. The quantitative estimate of drug-likeness (QED) is 0.498. The van der Waals surface area contributed by atoms with Crippen molar-refractivity contribution < 1.29 is 4.92 Å². The molecule has 1 aromatic carbocycles. The van der Waals surface area contributed by atoms with Crippen LogP contribution in [0.25, 0.3) is 0 Å². The van der Waals surface area contributed by atoms with Gasteiger partial charge in [-0.05, 0) is 30.2 Å². The number of nitro benzene ring substituents is 1. The molecule has 0 bridgehead atoms. The smallest absolute Gasteiger partial charge is 0.270 e. The van der Waals surface area contributed by atoms with E-state index in [9.17, 15) is 10.1 Å². The Morgan fingerprint density at radius 1 is 1.50 bits per heavy atom. The van der Waals surface area contributed by atoms with Crippen molar-refractivity contribution in [2.75, 3.05) is 6.54 Å². The van der Waals surface area contributed by atoms with Crippen LogP contribution >= 0.6 is 15.9 Å². The minimum Gasteiger partial charge on any atom is -0.312 e. The van der Waals surface area contributed by atoms with Gasteiger partial charge in [0.2, 0.25) is 0 Å². The van der Waals surface area contributed by atoms with Crippen molar-refractivity contribution in [2.24, 2.45) is 7.05 Å². The zero-order valence-corrected chi connectivity index (χ0v) is 12.6. The van der Waals surface area contributed by atoms with Gasteiger partial charge in [0.1, 0.15) is 0 Å². The first-order valence-corrected chi connectivity index (χ1v) is 6.96. The summed E-state index contributed by atoms with van der Waals surface area (Å²) in [5, 5.41) is 18.1. The van der Waals surface area contributed by atoms with Gasteiger partial charge in [0.05, 0.1) is 11.1 Å². The largest absolute Gasteiger partial charge is 0.312 e. The SMILES string of the molecule is Cn1cc(CCNCc2ccc([N+](=O)[O-])cc2Br)cn1. The molecule has 0 aliphatic carbocycles. The monoisotopic (exact) mass is 338 g/mol. The molecule has 0 aliphatic heterocycles. The molecule has 6 nitrogen and oxygen atoms in total. The first-order valence-electron chi connectivity index (χ1n) is 6.17. The normalized spacial score (nSPS) is 10.7. The highest BCUT2D eigenvalue weighted by Gasteiger charge is 2.08. The molecule has 0 saturated heterocycles. The average molecular weight is 339 g/mol. The third kappa shape index (κ3) is 3.88. The summed E-state index contributed by atoms with van der Waals surface area (Å²) in [4.78, 5) is 10.2. The Morgan fingerprint density at radius 3 is 2.90 bits per heavy atom. The molecule has 1 N–H and O–H groups in total. The van der Waals surface area contributed by atoms with Crippen molar-refractivity contribution in [3.8, 4) is 0 Å². The van der Waals surface area contributed by atoms with Crippen LogP contribution in [0, 0.1) is 10.1 Å². The molecule has 1 aromatic heterocycles. The number of aryl methyl sites for hydroxylation is 1. The number of nitrogens with zero attached hydrogens (tertiary/aromatic N) is 3. The maximum Gasteiger partial charge on any atom is 0.270 e. The van der Waals surface area contributed by atoms with E-state index in [0.717, 1.165) is 23.0 Å². The summed E-state index contributed by atoms with van der Waals surface area (Å²) in [5.41, 5.74) is 2.28. The number of nitrogens with one attached hydrogen (secondary N) is 1. The highest BCUT2D eigenvalue weighted by atomic mass is 79.9. The minimum atomic E-state index is -0.398. The van der Waals surface area contributed by atoms with E-state index in [1.165, 1.54) is 17.7 Å². The van der Waals surface area contributed by atoms with Crippen molar-refractivity contribution in [1.82, 2.24) is 15.1 Å². The van der Waals surface area contributed by atoms with Crippen LogP contribution in [0.5, 0.6) is 0 Å². The lowest BCUT2D eigenvalue weighted by Gasteiger charge is -2.06. The Bertz CT molecular complexity index is 612. The lowest BCUT2D eigenvalue weighted by atomic mass is 10.2. The van der Waals surface area contributed by atoms with Crippen molar-refractivity contribution in [1.29, 1.82) is 0 Å². The van der Waals surface area contributed by atoms with Crippen LogP contribution in [0.1, 0.15) is 11.1 Å². The summed E-state index contributed by atoms with van der Waals surface area (Å²) in [6.45, 7) is 1.49. The molecule has 106 valence electrons. The van der Waals surface area contributed by atoms with Crippen LogP contribution in [0.15, 0.2) is 35.1 Å². The Balaban J connectivity index is 1.83. The topological polar surface area (TPSA) is 73.0 Å². The lowest BCUT2D eigenvalue weighted by Crippen LogP contribution is -2.16. The number of benzene rings is 1. The molecule has 0 radical (unpaired) electrons. The Kier molecular flexibility index (Phi) is 4.86. The third-order valence-electron chi connectivity index (χ3n) is 2.91. The summed E-state index contributed by atoms with van der Waals surface area (Å²) < 4.78 is 2.53. The van der Waals surface area contributed by atoms with Gasteiger partial charge in [-0.2, -0.15) is 5.10 Å². The van der Waals surface area contributed by atoms with Crippen LogP contribution in [-0.4, -0.2) is 21.2 Å². The molecule has 1 heterocycles. The molecule has 0 fully saturated rings. The molecule has 7 heteroatoms. The fourth-order valence-electron chi connectivity index (χ4n) is 1.85. The molecule has 0 saturated carbocycles. The van der Waals surface area contributed by atoms with E-state index in [-0.39, 0.29) is 5.69 Å². The van der Waals surface area contributed by atoms with Crippen LogP contribution in [0.4, 0.5) is 5.69 Å². The van der Waals surface area contributed by atoms with E-state index in [1.54, 1.807) is 10.7 Å². The first-order chi connectivity index (χ1) is 9.56. The molecule has 20 heavy (non-hydrogen) atoms. The molecule has 0 aliphatic rings. The summed E-state index contributed by atoms with van der Waals surface area (Å²) in [6, 6.07) is 4.81. The van der Waals surface area contributed by atoms with Gasteiger partial charge in [-0.25, -0.2) is 0 Å². The summed E-state index contributed by atoms with van der Waals surface area (Å²) in [6.07, 6.45) is 4.74. The fourth-order valence-corrected chi connectivity index (χ4v) is 2.36. The van der Waals surface area contributed by atoms with Crippen LogP contribution in [-0.2, 0) is 20.0 Å². The maximum absolute atomic E-state index is 10.6. The Morgan fingerprint density at radius 2 is 2.30 bits per heavy atom. The maximum atomic E-state index is 10.6. The highest BCUT2D eigenvalue weighted by Crippen LogP contribution is 2.22. The molecular formula is C13H15BrN4O2. The summed E-state index contributed by atoms with van der Waals surface area (Å²) in [7, 11) is 1.89. The third-order valence-corrected chi connectivity index (χ3v) is 3.65. The first kappa shape index (κ1) is 14.7. The second-order valence-electron chi connectivity index (χ2n) is 4.48. The second-order valence-corrected chi connectivity index (χ2v) is 5.34. The predicted molar refractivity (Wildman–Crippen MR) is 79.4 cm³/mol. The van der Waals surface area contributed by atoms with Crippen LogP contribution < -0.4 is 5.32 Å². The van der Waals surface area contributed by atoms with Gasteiger partial charge in [0.25, 0.3) is 5.69 Å². The van der Waals surface area contributed by atoms with Crippen LogP contribution in [0.3, 0.4) is 0 Å². The highest BCUT2D eigenvalue weighted by molar-refractivity contribution is 9.10. The van der Waals surface area contributed by atoms with Gasteiger partial charge in [0.15, 0.2) is 0 Å². The van der Waals surface area contributed by atoms with Crippen molar-refractivity contribution in [3.63, 3.8) is 0 Å². The molecule has 0 amide bonds. The molecule has 0 spiro atoms. The van der Waals surface area contributed by atoms with Crippen molar-refractivity contribution >= 4 is 21.6 Å². The summed E-state index contributed by atoms with van der Waals surface area (Å²) in [5.74, 6) is 0. The number of rotatable bonds is 6. The number of hydrogen-bond acceptors (Lipinski definition) is 4. The van der Waals surface area contributed by atoms with Crippen molar-refractivity contribution in [3.05, 3.63) is 56.3 Å². The molecule has 0 atom stereocenters. The van der Waals surface area contributed by atoms with Gasteiger partial charge in [-0.3, -0.25) is 14.8 Å². The fraction of sp³-hybridized carbons (Fsp3) is 0.308. The molecule has 0 unspecified atom stereocenters. The van der Waals surface area contributed by atoms with Gasteiger partial charge in [-0.15, -0.1) is 0 Å². The summed E-state index contributed by atoms with van der Waals surface area (Å²) >= 11 is 3.36.